The van der Waals surface area contributed by atoms with Crippen LogP contribution in [0.2, 0.25) is 0 Å². The minimum atomic E-state index is 0.567. The Bertz CT molecular complexity index is 257. The van der Waals surface area contributed by atoms with Gasteiger partial charge in [0.15, 0.2) is 0 Å². The second-order valence-corrected chi connectivity index (χ2v) is 4.66. The third-order valence-corrected chi connectivity index (χ3v) is 3.37. The molecule has 0 amide bonds. The molecule has 1 heterocycles. The highest BCUT2D eigenvalue weighted by Crippen LogP contribution is 2.31. The molecule has 0 bridgehead atoms. The molecule has 78 valence electrons. The summed E-state index contributed by atoms with van der Waals surface area (Å²) in [5, 5.41) is 11.7. The highest BCUT2D eigenvalue weighted by atomic mass is 15.3. The minimum Gasteiger partial charge on any atom is -0.287 e. The summed E-state index contributed by atoms with van der Waals surface area (Å²) in [5.74, 6) is 2.12. The molecule has 0 radical (unpaired) electrons. The normalized spacial score (nSPS) is 33.5. The lowest BCUT2D eigenvalue weighted by atomic mass is 9.79. The number of hydrogen-bond donors (Lipinski definition) is 2. The first kappa shape index (κ1) is 9.69. The zero-order chi connectivity index (χ0) is 9.97. The first-order chi connectivity index (χ1) is 6.75. The predicted molar refractivity (Wildman–Crippen MR) is 58.7 cm³/mol. The number of hydrogen-bond acceptors (Lipinski definition) is 2. The van der Waals surface area contributed by atoms with Gasteiger partial charge in [-0.2, -0.15) is 5.10 Å². The summed E-state index contributed by atoms with van der Waals surface area (Å²) < 4.78 is 0. The van der Waals surface area contributed by atoms with E-state index in [1.807, 2.05) is 0 Å². The van der Waals surface area contributed by atoms with Crippen LogP contribution in [0.15, 0.2) is 5.10 Å². The minimum absolute atomic E-state index is 0.567. The molecule has 2 aliphatic rings. The fourth-order valence-electron chi connectivity index (χ4n) is 2.54. The summed E-state index contributed by atoms with van der Waals surface area (Å²) >= 11 is 0. The molecule has 0 spiro atoms. The molecule has 2 atom stereocenters. The van der Waals surface area contributed by atoms with Crippen molar-refractivity contribution in [3.8, 4) is 0 Å². The van der Waals surface area contributed by atoms with Gasteiger partial charge >= 0.3 is 0 Å². The molecular formula is C11H19N3. The SMILES string of the molecule is CC1CCCC(C2=NNC(=N)CC2)C1. The fraction of sp³-hybridized carbons (Fsp3) is 0.818. The first-order valence-electron chi connectivity index (χ1n) is 5.65. The van der Waals surface area contributed by atoms with Gasteiger partial charge in [-0.15, -0.1) is 0 Å². The largest absolute Gasteiger partial charge is 0.287 e. The van der Waals surface area contributed by atoms with Crippen molar-refractivity contribution in [2.75, 3.05) is 0 Å². The Morgan fingerprint density at radius 1 is 1.36 bits per heavy atom. The quantitative estimate of drug-likeness (QED) is 0.660. The van der Waals surface area contributed by atoms with E-state index < -0.39 is 0 Å². The lowest BCUT2D eigenvalue weighted by Crippen LogP contribution is -2.31. The molecule has 2 unspecified atom stereocenters. The van der Waals surface area contributed by atoms with Crippen LogP contribution in [-0.4, -0.2) is 11.5 Å². The molecule has 0 aromatic heterocycles. The lowest BCUT2D eigenvalue weighted by molar-refractivity contribution is 0.336. The number of hydrazone groups is 1. The van der Waals surface area contributed by atoms with Crippen molar-refractivity contribution >= 4 is 11.5 Å². The van der Waals surface area contributed by atoms with Gasteiger partial charge in [0.25, 0.3) is 0 Å². The second-order valence-electron chi connectivity index (χ2n) is 4.66. The van der Waals surface area contributed by atoms with E-state index >= 15 is 0 Å². The maximum Gasteiger partial charge on any atom is 0.114 e. The summed E-state index contributed by atoms with van der Waals surface area (Å²) in [7, 11) is 0. The Morgan fingerprint density at radius 3 is 2.86 bits per heavy atom. The van der Waals surface area contributed by atoms with Gasteiger partial charge in [-0.1, -0.05) is 19.8 Å². The van der Waals surface area contributed by atoms with Crippen molar-refractivity contribution in [1.29, 1.82) is 5.41 Å². The third-order valence-electron chi connectivity index (χ3n) is 3.37. The van der Waals surface area contributed by atoms with Crippen LogP contribution in [0.5, 0.6) is 0 Å². The summed E-state index contributed by atoms with van der Waals surface area (Å²) in [6.07, 6.45) is 7.19. The van der Waals surface area contributed by atoms with Gasteiger partial charge in [0.1, 0.15) is 5.84 Å². The van der Waals surface area contributed by atoms with E-state index in [-0.39, 0.29) is 0 Å². The van der Waals surface area contributed by atoms with Gasteiger partial charge < -0.3 is 0 Å². The Kier molecular flexibility index (Phi) is 2.85. The van der Waals surface area contributed by atoms with Gasteiger partial charge in [0.05, 0.1) is 0 Å². The van der Waals surface area contributed by atoms with Crippen molar-refractivity contribution in [3.05, 3.63) is 0 Å². The maximum absolute atomic E-state index is 7.41. The first-order valence-corrected chi connectivity index (χ1v) is 5.65. The van der Waals surface area contributed by atoms with Crippen molar-refractivity contribution < 1.29 is 0 Å². The molecule has 0 aromatic carbocycles. The number of rotatable bonds is 1. The van der Waals surface area contributed by atoms with Crippen molar-refractivity contribution in [1.82, 2.24) is 5.43 Å². The predicted octanol–water partition coefficient (Wildman–Crippen LogP) is 2.53. The summed E-state index contributed by atoms with van der Waals surface area (Å²) in [5.41, 5.74) is 4.13. The van der Waals surface area contributed by atoms with E-state index in [1.54, 1.807) is 0 Å². The van der Waals surface area contributed by atoms with Crippen LogP contribution in [0.1, 0.15) is 45.4 Å². The van der Waals surface area contributed by atoms with Gasteiger partial charge in [-0.3, -0.25) is 10.8 Å². The van der Waals surface area contributed by atoms with Crippen LogP contribution in [0, 0.1) is 17.2 Å². The van der Waals surface area contributed by atoms with Crippen LogP contribution in [0.3, 0.4) is 0 Å². The van der Waals surface area contributed by atoms with Crippen molar-refractivity contribution in [3.63, 3.8) is 0 Å². The van der Waals surface area contributed by atoms with Crippen molar-refractivity contribution in [2.45, 2.75) is 45.4 Å². The Balaban J connectivity index is 1.97. The van der Waals surface area contributed by atoms with Gasteiger partial charge in [-0.05, 0) is 31.1 Å². The van der Waals surface area contributed by atoms with Crippen LogP contribution < -0.4 is 5.43 Å². The van der Waals surface area contributed by atoms with Crippen LogP contribution in [0.4, 0.5) is 0 Å². The van der Waals surface area contributed by atoms with Crippen LogP contribution in [0.25, 0.3) is 0 Å². The lowest BCUT2D eigenvalue weighted by Gasteiger charge is -2.29. The average molecular weight is 193 g/mol. The van der Waals surface area contributed by atoms with Gasteiger partial charge in [0, 0.05) is 12.1 Å². The highest BCUT2D eigenvalue weighted by Gasteiger charge is 2.24. The van der Waals surface area contributed by atoms with E-state index in [0.717, 1.165) is 18.8 Å². The zero-order valence-corrected chi connectivity index (χ0v) is 8.84. The molecule has 3 heteroatoms. The molecule has 3 nitrogen and oxygen atoms in total. The van der Waals surface area contributed by atoms with E-state index in [4.69, 9.17) is 5.41 Å². The van der Waals surface area contributed by atoms with E-state index in [1.165, 1.54) is 31.4 Å². The van der Waals surface area contributed by atoms with Crippen LogP contribution in [-0.2, 0) is 0 Å². The molecule has 2 rings (SSSR count). The molecule has 0 aromatic rings. The number of nitrogens with one attached hydrogen (secondary N) is 2. The molecular weight excluding hydrogens is 174 g/mol. The zero-order valence-electron chi connectivity index (χ0n) is 8.84. The maximum atomic E-state index is 7.41. The highest BCUT2D eigenvalue weighted by molar-refractivity contribution is 5.94. The number of amidine groups is 1. The molecule has 2 N–H and O–H groups in total. The Hall–Kier alpha value is -0.860. The summed E-state index contributed by atoms with van der Waals surface area (Å²) in [6.45, 7) is 2.34. The van der Waals surface area contributed by atoms with Gasteiger partial charge in [-0.25, -0.2) is 0 Å². The van der Waals surface area contributed by atoms with E-state index in [2.05, 4.69) is 17.5 Å². The van der Waals surface area contributed by atoms with E-state index in [0.29, 0.717) is 11.8 Å². The van der Waals surface area contributed by atoms with Crippen LogP contribution >= 0.6 is 0 Å². The second kappa shape index (κ2) is 4.11. The monoisotopic (exact) mass is 193 g/mol. The van der Waals surface area contributed by atoms with E-state index in [9.17, 15) is 0 Å². The fourth-order valence-corrected chi connectivity index (χ4v) is 2.54. The molecule has 14 heavy (non-hydrogen) atoms. The average Bonchev–Trinajstić information content (AvgIpc) is 2.19. The smallest absolute Gasteiger partial charge is 0.114 e. The number of nitrogens with zero attached hydrogens (tertiary/aromatic N) is 1. The molecule has 1 aliphatic carbocycles. The standard InChI is InChI=1S/C11H19N3/c1-8-3-2-4-9(7-8)10-5-6-11(12)14-13-10/h8-9H,2-7H2,1H3,(H2,12,14). The summed E-state index contributed by atoms with van der Waals surface area (Å²) in [4.78, 5) is 0. The molecule has 0 saturated heterocycles. The third kappa shape index (κ3) is 2.14. The van der Waals surface area contributed by atoms with Gasteiger partial charge in [0.2, 0.25) is 0 Å². The Morgan fingerprint density at radius 2 is 2.21 bits per heavy atom. The topological polar surface area (TPSA) is 48.2 Å². The van der Waals surface area contributed by atoms with Crippen molar-refractivity contribution in [2.24, 2.45) is 16.9 Å². The molecule has 1 aliphatic heterocycles. The molecule has 1 saturated carbocycles. The summed E-state index contributed by atoms with van der Waals surface area (Å²) in [6, 6.07) is 0. The molecule has 1 fully saturated rings. The Labute approximate surface area is 85.5 Å².